The Morgan fingerprint density at radius 2 is 2.18 bits per heavy atom. The van der Waals surface area contributed by atoms with Gasteiger partial charge in [-0.05, 0) is 34.0 Å². The van der Waals surface area contributed by atoms with Crippen LogP contribution in [0.2, 0.25) is 0 Å². The van der Waals surface area contributed by atoms with E-state index in [1.54, 1.807) is 6.20 Å². The highest BCUT2D eigenvalue weighted by atomic mass is 15.3. The van der Waals surface area contributed by atoms with Gasteiger partial charge in [-0.3, -0.25) is 4.40 Å². The van der Waals surface area contributed by atoms with Gasteiger partial charge in [0.2, 0.25) is 5.65 Å². The summed E-state index contributed by atoms with van der Waals surface area (Å²) in [6, 6.07) is 0. The van der Waals surface area contributed by atoms with Crippen molar-refractivity contribution in [2.24, 2.45) is 0 Å². The van der Waals surface area contributed by atoms with Gasteiger partial charge in [0.05, 0.1) is 0 Å². The van der Waals surface area contributed by atoms with E-state index in [1.165, 1.54) is 0 Å². The molecular weight excluding hydrogens is 216 g/mol. The lowest BCUT2D eigenvalue weighted by Gasteiger charge is -2.10. The first kappa shape index (κ1) is 11.8. The van der Waals surface area contributed by atoms with E-state index in [0.717, 1.165) is 36.8 Å². The normalized spacial score (nSPS) is 11.3. The Morgan fingerprint density at radius 1 is 1.35 bits per heavy atom. The molecule has 0 bridgehead atoms. The molecule has 0 aromatic carbocycles. The molecule has 2 heterocycles. The summed E-state index contributed by atoms with van der Waals surface area (Å²) in [6.45, 7) is 3.87. The number of hydrogen-bond donors (Lipinski definition) is 1. The van der Waals surface area contributed by atoms with Gasteiger partial charge in [0.1, 0.15) is 5.82 Å². The summed E-state index contributed by atoms with van der Waals surface area (Å²) in [7, 11) is 4.14. The van der Waals surface area contributed by atoms with Gasteiger partial charge in [-0.2, -0.15) is 0 Å². The molecule has 0 fully saturated rings. The van der Waals surface area contributed by atoms with Gasteiger partial charge in [-0.25, -0.2) is 4.98 Å². The molecule has 1 N–H and O–H groups in total. The Morgan fingerprint density at radius 3 is 2.94 bits per heavy atom. The van der Waals surface area contributed by atoms with Crippen molar-refractivity contribution in [2.75, 3.05) is 32.5 Å². The molecular formula is C11H18N6. The van der Waals surface area contributed by atoms with Crippen LogP contribution in [0.5, 0.6) is 0 Å². The first-order valence-corrected chi connectivity index (χ1v) is 5.73. The van der Waals surface area contributed by atoms with E-state index < -0.39 is 0 Å². The Bertz CT molecular complexity index is 490. The molecule has 17 heavy (non-hydrogen) atoms. The lowest BCUT2D eigenvalue weighted by atomic mass is 10.4. The number of anilines is 1. The van der Waals surface area contributed by atoms with E-state index in [1.807, 2.05) is 17.5 Å². The predicted octanol–water partition coefficient (Wildman–Crippen LogP) is 0.796. The van der Waals surface area contributed by atoms with Crippen molar-refractivity contribution >= 4 is 11.5 Å². The van der Waals surface area contributed by atoms with Gasteiger partial charge < -0.3 is 10.2 Å². The van der Waals surface area contributed by atoms with Crippen LogP contribution in [0.4, 0.5) is 5.82 Å². The van der Waals surface area contributed by atoms with Gasteiger partial charge in [0, 0.05) is 18.9 Å². The fourth-order valence-corrected chi connectivity index (χ4v) is 1.67. The second-order valence-corrected chi connectivity index (χ2v) is 4.30. The Balaban J connectivity index is 2.03. The average Bonchev–Trinajstić information content (AvgIpc) is 2.67. The molecule has 0 amide bonds. The molecule has 2 rings (SSSR count). The molecule has 0 atom stereocenters. The minimum Gasteiger partial charge on any atom is -0.367 e. The van der Waals surface area contributed by atoms with Crippen molar-refractivity contribution in [1.82, 2.24) is 24.5 Å². The van der Waals surface area contributed by atoms with Crippen LogP contribution in [0, 0.1) is 6.92 Å². The molecule has 0 aliphatic rings. The summed E-state index contributed by atoms with van der Waals surface area (Å²) in [5.74, 6) is 1.67. The largest absolute Gasteiger partial charge is 0.367 e. The van der Waals surface area contributed by atoms with Gasteiger partial charge in [-0.15, -0.1) is 10.2 Å². The highest BCUT2D eigenvalue weighted by Crippen LogP contribution is 2.11. The van der Waals surface area contributed by atoms with Gasteiger partial charge in [-0.1, -0.05) is 0 Å². The lowest BCUT2D eigenvalue weighted by Crippen LogP contribution is -2.16. The van der Waals surface area contributed by atoms with Gasteiger partial charge in [0.15, 0.2) is 5.82 Å². The van der Waals surface area contributed by atoms with Gasteiger partial charge in [0.25, 0.3) is 0 Å². The third-order valence-electron chi connectivity index (χ3n) is 2.57. The molecule has 2 aromatic rings. The van der Waals surface area contributed by atoms with Crippen molar-refractivity contribution < 1.29 is 0 Å². The van der Waals surface area contributed by atoms with E-state index in [0.29, 0.717) is 0 Å². The Labute approximate surface area is 101 Å². The zero-order chi connectivity index (χ0) is 12.3. The van der Waals surface area contributed by atoms with Crippen molar-refractivity contribution in [3.05, 3.63) is 18.2 Å². The molecule has 0 saturated carbocycles. The van der Waals surface area contributed by atoms with E-state index in [4.69, 9.17) is 0 Å². The maximum atomic E-state index is 4.29. The minimum absolute atomic E-state index is 0.787. The Kier molecular flexibility index (Phi) is 3.53. The highest BCUT2D eigenvalue weighted by Gasteiger charge is 2.06. The standard InChI is InChI=1S/C11H18N6/c1-9-14-15-11-10(13-6-8-17(9)11)12-5-4-7-16(2)3/h6,8H,4-5,7H2,1-3H3,(H,12,13). The second-order valence-electron chi connectivity index (χ2n) is 4.30. The van der Waals surface area contributed by atoms with Crippen LogP contribution in [-0.2, 0) is 0 Å². The van der Waals surface area contributed by atoms with Gasteiger partial charge >= 0.3 is 0 Å². The molecule has 2 aromatic heterocycles. The molecule has 0 aliphatic heterocycles. The van der Waals surface area contributed by atoms with Crippen molar-refractivity contribution in [1.29, 1.82) is 0 Å². The number of nitrogens with zero attached hydrogens (tertiary/aromatic N) is 5. The molecule has 0 radical (unpaired) electrons. The summed E-state index contributed by atoms with van der Waals surface area (Å²) >= 11 is 0. The Hall–Kier alpha value is -1.69. The van der Waals surface area contributed by atoms with Crippen molar-refractivity contribution in [3.63, 3.8) is 0 Å². The van der Waals surface area contributed by atoms with E-state index in [-0.39, 0.29) is 0 Å². The second kappa shape index (κ2) is 5.09. The topological polar surface area (TPSA) is 58.4 Å². The zero-order valence-corrected chi connectivity index (χ0v) is 10.5. The number of aromatic nitrogens is 4. The van der Waals surface area contributed by atoms with Crippen LogP contribution in [0.25, 0.3) is 5.65 Å². The minimum atomic E-state index is 0.787. The molecule has 0 aliphatic carbocycles. The number of nitrogens with one attached hydrogen (secondary N) is 1. The first-order valence-electron chi connectivity index (χ1n) is 5.73. The maximum absolute atomic E-state index is 4.29. The molecule has 6 nitrogen and oxygen atoms in total. The third-order valence-corrected chi connectivity index (χ3v) is 2.57. The van der Waals surface area contributed by atoms with E-state index in [9.17, 15) is 0 Å². The van der Waals surface area contributed by atoms with Crippen LogP contribution in [0.3, 0.4) is 0 Å². The first-order chi connectivity index (χ1) is 8.18. The summed E-state index contributed by atoms with van der Waals surface area (Å²) in [6.07, 6.45) is 4.70. The van der Waals surface area contributed by atoms with Crippen molar-refractivity contribution in [3.8, 4) is 0 Å². The van der Waals surface area contributed by atoms with E-state index in [2.05, 4.69) is 39.5 Å². The fourth-order valence-electron chi connectivity index (χ4n) is 1.67. The van der Waals surface area contributed by atoms with Crippen LogP contribution in [-0.4, -0.2) is 51.7 Å². The predicted molar refractivity (Wildman–Crippen MR) is 67.2 cm³/mol. The molecule has 0 spiro atoms. The molecule has 6 heteroatoms. The van der Waals surface area contributed by atoms with Crippen LogP contribution in [0.1, 0.15) is 12.2 Å². The number of fused-ring (bicyclic) bond motifs is 1. The third kappa shape index (κ3) is 2.71. The SMILES string of the molecule is Cc1nnc2c(NCCCN(C)C)nccn12. The number of hydrogen-bond acceptors (Lipinski definition) is 5. The number of aryl methyl sites for hydroxylation is 1. The summed E-state index contributed by atoms with van der Waals surface area (Å²) in [5.41, 5.74) is 0.787. The maximum Gasteiger partial charge on any atom is 0.203 e. The van der Waals surface area contributed by atoms with Crippen LogP contribution >= 0.6 is 0 Å². The summed E-state index contributed by atoms with van der Waals surface area (Å²) in [5, 5.41) is 11.4. The molecule has 0 unspecified atom stereocenters. The highest BCUT2D eigenvalue weighted by molar-refractivity contribution is 5.61. The fraction of sp³-hybridized carbons (Fsp3) is 0.545. The van der Waals surface area contributed by atoms with Crippen LogP contribution in [0.15, 0.2) is 12.4 Å². The monoisotopic (exact) mass is 234 g/mol. The van der Waals surface area contributed by atoms with Crippen molar-refractivity contribution in [2.45, 2.75) is 13.3 Å². The summed E-state index contributed by atoms with van der Waals surface area (Å²) in [4.78, 5) is 6.45. The number of rotatable bonds is 5. The lowest BCUT2D eigenvalue weighted by molar-refractivity contribution is 0.405. The summed E-state index contributed by atoms with van der Waals surface area (Å²) < 4.78 is 1.93. The van der Waals surface area contributed by atoms with Crippen LogP contribution < -0.4 is 5.32 Å². The molecule has 0 saturated heterocycles. The average molecular weight is 234 g/mol. The van der Waals surface area contributed by atoms with E-state index >= 15 is 0 Å². The molecule has 92 valence electrons. The zero-order valence-electron chi connectivity index (χ0n) is 10.5. The quantitative estimate of drug-likeness (QED) is 0.775. The smallest absolute Gasteiger partial charge is 0.203 e.